The van der Waals surface area contributed by atoms with Crippen molar-refractivity contribution in [1.82, 2.24) is 4.90 Å². The van der Waals surface area contributed by atoms with Gasteiger partial charge in [0.15, 0.2) is 0 Å². The highest BCUT2D eigenvalue weighted by atomic mass is 79.9. The Kier molecular flexibility index (Phi) is 3.84. The summed E-state index contributed by atoms with van der Waals surface area (Å²) in [5.41, 5.74) is 1.23. The topological polar surface area (TPSA) is 40.5 Å². The third-order valence-electron chi connectivity index (χ3n) is 3.50. The number of likely N-dealkylation sites (tertiary alicyclic amines) is 1. The first-order valence-electron chi connectivity index (χ1n) is 5.79. The van der Waals surface area contributed by atoms with Crippen LogP contribution in [0, 0.1) is 5.92 Å². The van der Waals surface area contributed by atoms with Gasteiger partial charge in [-0.3, -0.25) is 9.69 Å². The average molecular weight is 298 g/mol. The SMILES string of the molecule is CC1C(C(=O)O)CCN1Cc1ccc(Br)cc1. The van der Waals surface area contributed by atoms with E-state index < -0.39 is 5.97 Å². The Morgan fingerprint density at radius 3 is 2.65 bits per heavy atom. The maximum atomic E-state index is 11.0. The van der Waals surface area contributed by atoms with Crippen LogP contribution in [0.25, 0.3) is 0 Å². The lowest BCUT2D eigenvalue weighted by Crippen LogP contribution is -2.32. The summed E-state index contributed by atoms with van der Waals surface area (Å²) in [5, 5.41) is 9.07. The highest BCUT2D eigenvalue weighted by Gasteiger charge is 2.35. The molecule has 4 heteroatoms. The van der Waals surface area contributed by atoms with Crippen molar-refractivity contribution in [1.29, 1.82) is 0 Å². The van der Waals surface area contributed by atoms with Gasteiger partial charge in [-0.2, -0.15) is 0 Å². The van der Waals surface area contributed by atoms with Crippen molar-refractivity contribution in [2.75, 3.05) is 6.54 Å². The molecule has 1 saturated heterocycles. The molecule has 0 amide bonds. The van der Waals surface area contributed by atoms with E-state index in [4.69, 9.17) is 5.11 Å². The minimum absolute atomic E-state index is 0.121. The molecule has 0 aliphatic carbocycles. The number of carboxylic acids is 1. The fourth-order valence-corrected chi connectivity index (χ4v) is 2.65. The molecule has 17 heavy (non-hydrogen) atoms. The summed E-state index contributed by atoms with van der Waals surface area (Å²) in [6.07, 6.45) is 0.757. The number of rotatable bonds is 3. The highest BCUT2D eigenvalue weighted by Crippen LogP contribution is 2.26. The van der Waals surface area contributed by atoms with E-state index in [0.717, 1.165) is 24.0 Å². The molecule has 0 radical (unpaired) electrons. The smallest absolute Gasteiger partial charge is 0.308 e. The van der Waals surface area contributed by atoms with Gasteiger partial charge in [-0.05, 0) is 37.6 Å². The number of halogens is 1. The van der Waals surface area contributed by atoms with Crippen molar-refractivity contribution in [3.8, 4) is 0 Å². The van der Waals surface area contributed by atoms with Crippen LogP contribution in [0.4, 0.5) is 0 Å². The van der Waals surface area contributed by atoms with Gasteiger partial charge < -0.3 is 5.11 Å². The van der Waals surface area contributed by atoms with Crippen LogP contribution < -0.4 is 0 Å². The van der Waals surface area contributed by atoms with E-state index in [9.17, 15) is 4.79 Å². The molecular formula is C13H16BrNO2. The fraction of sp³-hybridized carbons (Fsp3) is 0.462. The van der Waals surface area contributed by atoms with E-state index in [2.05, 4.69) is 33.0 Å². The van der Waals surface area contributed by atoms with Crippen molar-refractivity contribution < 1.29 is 9.90 Å². The molecule has 1 heterocycles. The van der Waals surface area contributed by atoms with E-state index in [1.165, 1.54) is 5.56 Å². The Hall–Kier alpha value is -0.870. The lowest BCUT2D eigenvalue weighted by atomic mass is 10.0. The van der Waals surface area contributed by atoms with Crippen LogP contribution in [0.3, 0.4) is 0 Å². The molecule has 2 atom stereocenters. The molecule has 2 unspecified atom stereocenters. The van der Waals surface area contributed by atoms with Crippen LogP contribution in [0.5, 0.6) is 0 Å². The Balaban J connectivity index is 2.01. The predicted octanol–water partition coefficient (Wildman–Crippen LogP) is 2.74. The molecule has 1 aliphatic heterocycles. The van der Waals surface area contributed by atoms with Crippen molar-refractivity contribution in [2.45, 2.75) is 25.9 Å². The zero-order chi connectivity index (χ0) is 12.4. The average Bonchev–Trinajstić information content (AvgIpc) is 2.64. The molecule has 2 rings (SSSR count). The molecule has 1 aliphatic rings. The molecule has 0 spiro atoms. The minimum atomic E-state index is -0.671. The second kappa shape index (κ2) is 5.19. The van der Waals surface area contributed by atoms with E-state index in [1.807, 2.05) is 19.1 Å². The van der Waals surface area contributed by atoms with Crippen molar-refractivity contribution in [2.24, 2.45) is 5.92 Å². The van der Waals surface area contributed by atoms with E-state index in [-0.39, 0.29) is 12.0 Å². The Morgan fingerprint density at radius 1 is 1.47 bits per heavy atom. The Bertz CT molecular complexity index is 404. The van der Waals surface area contributed by atoms with E-state index in [0.29, 0.717) is 0 Å². The lowest BCUT2D eigenvalue weighted by molar-refractivity contribution is -0.142. The molecule has 3 nitrogen and oxygen atoms in total. The van der Waals surface area contributed by atoms with Crippen molar-refractivity contribution in [3.63, 3.8) is 0 Å². The minimum Gasteiger partial charge on any atom is -0.481 e. The largest absolute Gasteiger partial charge is 0.481 e. The quantitative estimate of drug-likeness (QED) is 0.933. The van der Waals surface area contributed by atoms with Crippen LogP contribution in [-0.2, 0) is 11.3 Å². The third kappa shape index (κ3) is 2.87. The number of aliphatic carboxylic acids is 1. The van der Waals surface area contributed by atoms with Gasteiger partial charge in [-0.1, -0.05) is 28.1 Å². The first-order chi connectivity index (χ1) is 8.08. The maximum Gasteiger partial charge on any atom is 0.308 e. The second-order valence-electron chi connectivity index (χ2n) is 4.57. The van der Waals surface area contributed by atoms with Crippen LogP contribution in [0.15, 0.2) is 28.7 Å². The summed E-state index contributed by atoms with van der Waals surface area (Å²) in [7, 11) is 0. The van der Waals surface area contributed by atoms with E-state index in [1.54, 1.807) is 0 Å². The molecule has 92 valence electrons. The second-order valence-corrected chi connectivity index (χ2v) is 5.49. The van der Waals surface area contributed by atoms with Crippen LogP contribution in [-0.4, -0.2) is 28.6 Å². The summed E-state index contributed by atoms with van der Waals surface area (Å²) in [5.74, 6) is -0.888. The fourth-order valence-electron chi connectivity index (χ4n) is 2.38. The lowest BCUT2D eigenvalue weighted by Gasteiger charge is -2.22. The maximum absolute atomic E-state index is 11.0. The Morgan fingerprint density at radius 2 is 2.12 bits per heavy atom. The standard InChI is InChI=1S/C13H16BrNO2/c1-9-12(13(16)17)6-7-15(9)8-10-2-4-11(14)5-3-10/h2-5,9,12H,6-8H2,1H3,(H,16,17). The number of hydrogen-bond donors (Lipinski definition) is 1. The predicted molar refractivity (Wildman–Crippen MR) is 69.8 cm³/mol. The normalized spacial score (nSPS) is 25.1. The van der Waals surface area contributed by atoms with Gasteiger partial charge in [-0.25, -0.2) is 0 Å². The van der Waals surface area contributed by atoms with Gasteiger partial charge >= 0.3 is 5.97 Å². The van der Waals surface area contributed by atoms with Gasteiger partial charge in [0.25, 0.3) is 0 Å². The monoisotopic (exact) mass is 297 g/mol. The van der Waals surface area contributed by atoms with Gasteiger partial charge in [0.2, 0.25) is 0 Å². The summed E-state index contributed by atoms with van der Waals surface area (Å²) in [6, 6.07) is 8.31. The number of carboxylic acid groups (broad SMARTS) is 1. The molecule has 1 fully saturated rings. The summed E-state index contributed by atoms with van der Waals surface area (Å²) in [4.78, 5) is 13.3. The number of hydrogen-bond acceptors (Lipinski definition) is 2. The summed E-state index contributed by atoms with van der Waals surface area (Å²) < 4.78 is 1.07. The Labute approximate surface area is 110 Å². The highest BCUT2D eigenvalue weighted by molar-refractivity contribution is 9.10. The summed E-state index contributed by atoms with van der Waals surface area (Å²) >= 11 is 3.41. The van der Waals surface area contributed by atoms with Gasteiger partial charge in [0.05, 0.1) is 5.92 Å². The molecule has 0 bridgehead atoms. The van der Waals surface area contributed by atoms with Crippen molar-refractivity contribution in [3.05, 3.63) is 34.3 Å². The molecule has 1 aromatic carbocycles. The summed E-state index contributed by atoms with van der Waals surface area (Å²) in [6.45, 7) is 3.71. The zero-order valence-corrected chi connectivity index (χ0v) is 11.4. The molecule has 1 aromatic rings. The molecular weight excluding hydrogens is 282 g/mol. The van der Waals surface area contributed by atoms with Crippen LogP contribution in [0.2, 0.25) is 0 Å². The number of nitrogens with zero attached hydrogens (tertiary/aromatic N) is 1. The number of benzene rings is 1. The zero-order valence-electron chi connectivity index (χ0n) is 9.77. The van der Waals surface area contributed by atoms with Crippen LogP contribution >= 0.6 is 15.9 Å². The first kappa shape index (κ1) is 12.6. The molecule has 0 saturated carbocycles. The third-order valence-corrected chi connectivity index (χ3v) is 4.03. The molecule has 1 N–H and O–H groups in total. The first-order valence-corrected chi connectivity index (χ1v) is 6.58. The van der Waals surface area contributed by atoms with Crippen LogP contribution in [0.1, 0.15) is 18.9 Å². The number of carbonyl (C=O) groups is 1. The molecule has 0 aromatic heterocycles. The van der Waals surface area contributed by atoms with E-state index >= 15 is 0 Å². The van der Waals surface area contributed by atoms with Gasteiger partial charge in [-0.15, -0.1) is 0 Å². The van der Waals surface area contributed by atoms with Gasteiger partial charge in [0.1, 0.15) is 0 Å². The van der Waals surface area contributed by atoms with Gasteiger partial charge in [0, 0.05) is 17.1 Å². The van der Waals surface area contributed by atoms with Crippen molar-refractivity contribution >= 4 is 21.9 Å².